The highest BCUT2D eigenvalue weighted by Gasteiger charge is 2.31. The summed E-state index contributed by atoms with van der Waals surface area (Å²) < 4.78 is 32.8. The number of rotatable bonds is 5. The van der Waals surface area contributed by atoms with E-state index in [0.29, 0.717) is 30.6 Å². The lowest BCUT2D eigenvalue weighted by Crippen LogP contribution is -2.39. The standard InChI is InChI=1S/C16H20N4O4S/c1-10(2)18-16(21)15-13-8-11(5-6-14(13)24-19-15)20-25(22,23)12-4-3-7-17-9-12/h3-4,7,9-11,20H,5-6,8H2,1-2H3,(H,18,21). The molecule has 0 spiro atoms. The maximum atomic E-state index is 12.4. The number of pyridine rings is 1. The molecule has 25 heavy (non-hydrogen) atoms. The molecular weight excluding hydrogens is 344 g/mol. The Morgan fingerprint density at radius 2 is 2.20 bits per heavy atom. The van der Waals surface area contributed by atoms with Crippen LogP contribution < -0.4 is 10.0 Å². The van der Waals surface area contributed by atoms with E-state index in [9.17, 15) is 13.2 Å². The summed E-state index contributed by atoms with van der Waals surface area (Å²) in [5.74, 6) is 0.335. The molecule has 2 aromatic rings. The van der Waals surface area contributed by atoms with Gasteiger partial charge in [-0.15, -0.1) is 0 Å². The molecule has 1 unspecified atom stereocenters. The van der Waals surface area contributed by atoms with Crippen LogP contribution in [0.15, 0.2) is 33.9 Å². The van der Waals surface area contributed by atoms with Crippen molar-refractivity contribution in [1.82, 2.24) is 20.2 Å². The molecule has 9 heteroatoms. The molecule has 2 aromatic heterocycles. The van der Waals surface area contributed by atoms with Gasteiger partial charge in [-0.05, 0) is 38.8 Å². The van der Waals surface area contributed by atoms with E-state index in [1.165, 1.54) is 18.5 Å². The largest absolute Gasteiger partial charge is 0.360 e. The molecule has 0 aromatic carbocycles. The number of aromatic nitrogens is 2. The van der Waals surface area contributed by atoms with Crippen LogP contribution in [0.2, 0.25) is 0 Å². The third-order valence-electron chi connectivity index (χ3n) is 3.94. The minimum atomic E-state index is -3.66. The van der Waals surface area contributed by atoms with Gasteiger partial charge in [0.1, 0.15) is 10.7 Å². The maximum absolute atomic E-state index is 12.4. The predicted octanol–water partition coefficient (Wildman–Crippen LogP) is 1.04. The number of hydrogen-bond acceptors (Lipinski definition) is 6. The van der Waals surface area contributed by atoms with Gasteiger partial charge in [-0.25, -0.2) is 13.1 Å². The number of carbonyl (C=O) groups excluding carboxylic acids is 1. The lowest BCUT2D eigenvalue weighted by molar-refractivity contribution is 0.0933. The van der Waals surface area contributed by atoms with E-state index in [4.69, 9.17) is 4.52 Å². The van der Waals surface area contributed by atoms with Crippen LogP contribution in [0.3, 0.4) is 0 Å². The summed E-state index contributed by atoms with van der Waals surface area (Å²) in [6.45, 7) is 3.71. The van der Waals surface area contributed by atoms with Crippen molar-refractivity contribution in [2.75, 3.05) is 0 Å². The lowest BCUT2D eigenvalue weighted by Gasteiger charge is -2.22. The highest BCUT2D eigenvalue weighted by atomic mass is 32.2. The molecule has 1 aliphatic carbocycles. The zero-order valence-corrected chi connectivity index (χ0v) is 14.8. The molecule has 3 rings (SSSR count). The molecule has 1 amide bonds. The van der Waals surface area contributed by atoms with E-state index in [2.05, 4.69) is 20.2 Å². The van der Waals surface area contributed by atoms with Gasteiger partial charge in [0.2, 0.25) is 10.0 Å². The molecule has 0 bridgehead atoms. The summed E-state index contributed by atoms with van der Waals surface area (Å²) in [5.41, 5.74) is 0.900. The van der Waals surface area contributed by atoms with Gasteiger partial charge in [0.05, 0.1) is 0 Å². The van der Waals surface area contributed by atoms with Gasteiger partial charge in [-0.1, -0.05) is 5.16 Å². The normalized spacial score (nSPS) is 17.3. The monoisotopic (exact) mass is 364 g/mol. The lowest BCUT2D eigenvalue weighted by atomic mass is 9.92. The van der Waals surface area contributed by atoms with Crippen LogP contribution >= 0.6 is 0 Å². The molecule has 0 radical (unpaired) electrons. The highest BCUT2D eigenvalue weighted by molar-refractivity contribution is 7.89. The Morgan fingerprint density at radius 1 is 1.40 bits per heavy atom. The van der Waals surface area contributed by atoms with Crippen LogP contribution in [0.4, 0.5) is 0 Å². The first-order chi connectivity index (χ1) is 11.9. The van der Waals surface area contributed by atoms with Crippen molar-refractivity contribution in [1.29, 1.82) is 0 Å². The van der Waals surface area contributed by atoms with Crippen LogP contribution in [-0.4, -0.2) is 36.5 Å². The summed E-state index contributed by atoms with van der Waals surface area (Å²) in [6, 6.07) is 2.71. The topological polar surface area (TPSA) is 114 Å². The van der Waals surface area contributed by atoms with Crippen LogP contribution in [0, 0.1) is 0 Å². The second-order valence-electron chi connectivity index (χ2n) is 6.31. The summed E-state index contributed by atoms with van der Waals surface area (Å²) in [6.07, 6.45) is 4.28. The van der Waals surface area contributed by atoms with Gasteiger partial charge < -0.3 is 9.84 Å². The van der Waals surface area contributed by atoms with E-state index in [0.717, 1.165) is 0 Å². The van der Waals surface area contributed by atoms with Crippen LogP contribution in [-0.2, 0) is 22.9 Å². The van der Waals surface area contributed by atoms with E-state index in [1.807, 2.05) is 13.8 Å². The molecule has 134 valence electrons. The molecule has 2 N–H and O–H groups in total. The molecular formula is C16H20N4O4S. The first kappa shape index (κ1) is 17.6. The number of nitrogens with zero attached hydrogens (tertiary/aromatic N) is 2. The number of carbonyl (C=O) groups is 1. The Bertz CT molecular complexity index is 862. The summed E-state index contributed by atoms with van der Waals surface area (Å²) in [5, 5.41) is 6.64. The van der Waals surface area contributed by atoms with Gasteiger partial charge in [0.15, 0.2) is 5.69 Å². The van der Waals surface area contributed by atoms with Crippen LogP contribution in [0.25, 0.3) is 0 Å². The fraction of sp³-hybridized carbons (Fsp3) is 0.438. The number of amides is 1. The Balaban J connectivity index is 1.77. The van der Waals surface area contributed by atoms with E-state index in [-0.39, 0.29) is 28.6 Å². The quantitative estimate of drug-likeness (QED) is 0.819. The highest BCUT2D eigenvalue weighted by Crippen LogP contribution is 2.25. The fourth-order valence-corrected chi connectivity index (χ4v) is 4.04. The van der Waals surface area contributed by atoms with Gasteiger partial charge in [-0.2, -0.15) is 0 Å². The Labute approximate surface area is 146 Å². The van der Waals surface area contributed by atoms with Gasteiger partial charge >= 0.3 is 0 Å². The van der Waals surface area contributed by atoms with E-state index >= 15 is 0 Å². The van der Waals surface area contributed by atoms with Crippen LogP contribution in [0.1, 0.15) is 42.1 Å². The Kier molecular flexibility index (Phi) is 4.87. The summed E-state index contributed by atoms with van der Waals surface area (Å²) in [7, 11) is -3.66. The SMILES string of the molecule is CC(C)NC(=O)c1noc2c1CC(NS(=O)(=O)c1cccnc1)CC2. The molecule has 0 aliphatic heterocycles. The summed E-state index contributed by atoms with van der Waals surface area (Å²) >= 11 is 0. The number of aryl methyl sites for hydroxylation is 1. The third kappa shape index (κ3) is 3.88. The van der Waals surface area contributed by atoms with Crippen molar-refractivity contribution < 1.29 is 17.7 Å². The smallest absolute Gasteiger partial charge is 0.273 e. The molecule has 8 nitrogen and oxygen atoms in total. The second-order valence-corrected chi connectivity index (χ2v) is 8.02. The number of nitrogens with one attached hydrogen (secondary N) is 2. The second kappa shape index (κ2) is 6.93. The van der Waals surface area contributed by atoms with Crippen molar-refractivity contribution in [3.05, 3.63) is 41.5 Å². The van der Waals surface area contributed by atoms with Crippen LogP contribution in [0.5, 0.6) is 0 Å². The van der Waals surface area contributed by atoms with Crippen molar-refractivity contribution in [2.45, 2.75) is 50.1 Å². The minimum Gasteiger partial charge on any atom is -0.360 e. The number of fused-ring (bicyclic) bond motifs is 1. The van der Waals surface area contributed by atoms with Crippen molar-refractivity contribution >= 4 is 15.9 Å². The predicted molar refractivity (Wildman–Crippen MR) is 89.5 cm³/mol. The number of sulfonamides is 1. The van der Waals surface area contributed by atoms with Crippen molar-refractivity contribution in [2.24, 2.45) is 0 Å². The zero-order chi connectivity index (χ0) is 18.0. The van der Waals surface area contributed by atoms with Crippen molar-refractivity contribution in [3.8, 4) is 0 Å². The van der Waals surface area contributed by atoms with Gasteiger partial charge in [0, 0.05) is 36.5 Å². The van der Waals surface area contributed by atoms with Gasteiger partial charge in [-0.3, -0.25) is 9.78 Å². The number of hydrogen-bond donors (Lipinski definition) is 2. The average Bonchev–Trinajstić information content (AvgIpc) is 2.98. The van der Waals surface area contributed by atoms with E-state index in [1.54, 1.807) is 6.07 Å². The zero-order valence-electron chi connectivity index (χ0n) is 14.0. The van der Waals surface area contributed by atoms with Crippen molar-refractivity contribution in [3.63, 3.8) is 0 Å². The first-order valence-corrected chi connectivity index (χ1v) is 9.56. The third-order valence-corrected chi connectivity index (χ3v) is 5.45. The Morgan fingerprint density at radius 3 is 2.88 bits per heavy atom. The molecule has 1 aliphatic rings. The minimum absolute atomic E-state index is 0.0247. The Hall–Kier alpha value is -2.26. The molecule has 1 atom stereocenters. The molecule has 0 fully saturated rings. The maximum Gasteiger partial charge on any atom is 0.273 e. The molecule has 2 heterocycles. The van der Waals surface area contributed by atoms with E-state index < -0.39 is 10.0 Å². The molecule has 0 saturated heterocycles. The molecule has 0 saturated carbocycles. The summed E-state index contributed by atoms with van der Waals surface area (Å²) in [4.78, 5) is 16.2. The average molecular weight is 364 g/mol. The fourth-order valence-electron chi connectivity index (χ4n) is 2.81. The first-order valence-electron chi connectivity index (χ1n) is 8.07. The van der Waals surface area contributed by atoms with Gasteiger partial charge in [0.25, 0.3) is 5.91 Å².